The van der Waals surface area contributed by atoms with Crippen molar-refractivity contribution in [2.24, 2.45) is 5.41 Å². The second-order valence-electron chi connectivity index (χ2n) is 5.49. The van der Waals surface area contributed by atoms with Gasteiger partial charge in [0.15, 0.2) is 0 Å². The molecule has 3 aliphatic rings. The summed E-state index contributed by atoms with van der Waals surface area (Å²) in [5, 5.41) is 3.79. The Morgan fingerprint density at radius 3 is 2.07 bits per heavy atom. The molecule has 0 amide bonds. The standard InChI is InChI=1S/C13H26N2/c1-3-12(4-2)14-11-13-5-8-15(9-6-13)10-7-13/h12,14H,3-11H2,1-2H3. The molecule has 3 heterocycles. The van der Waals surface area contributed by atoms with E-state index in [1.54, 1.807) is 0 Å². The Labute approximate surface area is 94.4 Å². The lowest BCUT2D eigenvalue weighted by Crippen LogP contribution is -2.53. The molecule has 0 spiro atoms. The molecule has 3 fully saturated rings. The van der Waals surface area contributed by atoms with Crippen LogP contribution >= 0.6 is 0 Å². The van der Waals surface area contributed by atoms with E-state index in [0.717, 1.165) is 6.04 Å². The molecule has 2 bridgehead atoms. The highest BCUT2D eigenvalue weighted by Gasteiger charge is 2.38. The highest BCUT2D eigenvalue weighted by Crippen LogP contribution is 2.39. The molecular formula is C13H26N2. The van der Waals surface area contributed by atoms with Crippen LogP contribution in [0.15, 0.2) is 0 Å². The van der Waals surface area contributed by atoms with Crippen molar-refractivity contribution in [2.45, 2.75) is 52.0 Å². The van der Waals surface area contributed by atoms with Gasteiger partial charge in [0.1, 0.15) is 0 Å². The quantitative estimate of drug-likeness (QED) is 0.749. The molecule has 1 N–H and O–H groups in total. The summed E-state index contributed by atoms with van der Waals surface area (Å²) in [6.45, 7) is 9.91. The minimum atomic E-state index is 0.664. The van der Waals surface area contributed by atoms with Gasteiger partial charge in [-0.1, -0.05) is 13.8 Å². The first-order valence-electron chi connectivity index (χ1n) is 6.74. The van der Waals surface area contributed by atoms with Gasteiger partial charge in [-0.25, -0.2) is 0 Å². The van der Waals surface area contributed by atoms with Crippen molar-refractivity contribution < 1.29 is 0 Å². The zero-order chi connectivity index (χ0) is 10.7. The van der Waals surface area contributed by atoms with Crippen LogP contribution in [0.1, 0.15) is 46.0 Å². The zero-order valence-electron chi connectivity index (χ0n) is 10.4. The van der Waals surface area contributed by atoms with Crippen LogP contribution < -0.4 is 5.32 Å². The molecule has 0 aromatic heterocycles. The Hall–Kier alpha value is -0.0800. The lowest BCUT2D eigenvalue weighted by atomic mass is 9.72. The monoisotopic (exact) mass is 210 g/mol. The van der Waals surface area contributed by atoms with Crippen molar-refractivity contribution in [2.75, 3.05) is 26.2 Å². The van der Waals surface area contributed by atoms with Crippen LogP contribution in [-0.2, 0) is 0 Å². The molecule has 3 saturated heterocycles. The molecule has 0 aliphatic carbocycles. The molecule has 3 rings (SSSR count). The summed E-state index contributed by atoms with van der Waals surface area (Å²) in [5.74, 6) is 0. The topological polar surface area (TPSA) is 15.3 Å². The van der Waals surface area contributed by atoms with E-state index < -0.39 is 0 Å². The Bertz CT molecular complexity index is 177. The minimum absolute atomic E-state index is 0.664. The SMILES string of the molecule is CCC(CC)NCC12CCN(CC1)CC2. The van der Waals surface area contributed by atoms with Crippen LogP contribution in [0.5, 0.6) is 0 Å². The lowest BCUT2D eigenvalue weighted by Gasteiger charge is -2.49. The van der Waals surface area contributed by atoms with Crippen molar-refractivity contribution in [1.29, 1.82) is 0 Å². The van der Waals surface area contributed by atoms with Gasteiger partial charge in [-0.05, 0) is 57.2 Å². The molecule has 0 aromatic rings. The highest BCUT2D eigenvalue weighted by atomic mass is 15.2. The van der Waals surface area contributed by atoms with Crippen LogP contribution in [0.4, 0.5) is 0 Å². The van der Waals surface area contributed by atoms with Gasteiger partial charge < -0.3 is 10.2 Å². The molecule has 88 valence electrons. The maximum absolute atomic E-state index is 3.79. The fourth-order valence-corrected chi connectivity index (χ4v) is 3.10. The average molecular weight is 210 g/mol. The van der Waals surface area contributed by atoms with E-state index in [1.807, 2.05) is 0 Å². The third kappa shape index (κ3) is 2.54. The summed E-state index contributed by atoms with van der Waals surface area (Å²) >= 11 is 0. The minimum Gasteiger partial charge on any atom is -0.313 e. The zero-order valence-corrected chi connectivity index (χ0v) is 10.4. The van der Waals surface area contributed by atoms with E-state index in [-0.39, 0.29) is 0 Å². The summed E-state index contributed by atoms with van der Waals surface area (Å²) in [5.41, 5.74) is 0.664. The van der Waals surface area contributed by atoms with Crippen molar-refractivity contribution in [1.82, 2.24) is 10.2 Å². The van der Waals surface area contributed by atoms with Gasteiger partial charge in [-0.2, -0.15) is 0 Å². The Kier molecular flexibility index (Phi) is 3.68. The van der Waals surface area contributed by atoms with Crippen LogP contribution in [-0.4, -0.2) is 37.1 Å². The number of hydrogen-bond donors (Lipinski definition) is 1. The van der Waals surface area contributed by atoms with Crippen molar-refractivity contribution in [3.05, 3.63) is 0 Å². The van der Waals surface area contributed by atoms with Gasteiger partial charge in [0.25, 0.3) is 0 Å². The molecule has 3 aliphatic heterocycles. The Balaban J connectivity index is 1.82. The van der Waals surface area contributed by atoms with Crippen molar-refractivity contribution >= 4 is 0 Å². The Morgan fingerprint density at radius 2 is 1.60 bits per heavy atom. The van der Waals surface area contributed by atoms with E-state index in [2.05, 4.69) is 24.1 Å². The molecule has 2 heteroatoms. The first-order chi connectivity index (χ1) is 7.28. The van der Waals surface area contributed by atoms with Gasteiger partial charge in [-0.15, -0.1) is 0 Å². The van der Waals surface area contributed by atoms with E-state index in [4.69, 9.17) is 0 Å². The lowest BCUT2D eigenvalue weighted by molar-refractivity contribution is 0.0245. The van der Waals surface area contributed by atoms with Gasteiger partial charge >= 0.3 is 0 Å². The number of nitrogens with one attached hydrogen (secondary N) is 1. The third-order valence-electron chi connectivity index (χ3n) is 4.63. The first-order valence-corrected chi connectivity index (χ1v) is 6.74. The Morgan fingerprint density at radius 1 is 1.07 bits per heavy atom. The molecule has 0 aromatic carbocycles. The number of hydrogen-bond acceptors (Lipinski definition) is 2. The first kappa shape index (κ1) is 11.4. The smallest absolute Gasteiger partial charge is 0.00620 e. The molecule has 15 heavy (non-hydrogen) atoms. The van der Waals surface area contributed by atoms with Crippen LogP contribution in [0.2, 0.25) is 0 Å². The maximum atomic E-state index is 3.79. The van der Waals surface area contributed by atoms with E-state index >= 15 is 0 Å². The fraction of sp³-hybridized carbons (Fsp3) is 1.00. The van der Waals surface area contributed by atoms with Crippen LogP contribution in [0, 0.1) is 5.41 Å². The second kappa shape index (κ2) is 4.84. The number of rotatable bonds is 5. The maximum Gasteiger partial charge on any atom is 0.00620 e. The summed E-state index contributed by atoms with van der Waals surface area (Å²) < 4.78 is 0. The average Bonchev–Trinajstić information content (AvgIpc) is 2.33. The molecule has 0 saturated carbocycles. The normalized spacial score (nSPS) is 35.0. The largest absolute Gasteiger partial charge is 0.313 e. The molecule has 0 radical (unpaired) electrons. The van der Waals surface area contributed by atoms with E-state index in [0.29, 0.717) is 5.41 Å². The molecule has 0 atom stereocenters. The summed E-state index contributed by atoms with van der Waals surface area (Å²) in [6.07, 6.45) is 6.85. The van der Waals surface area contributed by atoms with E-state index in [9.17, 15) is 0 Å². The predicted octanol–water partition coefficient (Wildman–Crippen LogP) is 2.25. The predicted molar refractivity (Wildman–Crippen MR) is 65.1 cm³/mol. The second-order valence-corrected chi connectivity index (χ2v) is 5.49. The fourth-order valence-electron chi connectivity index (χ4n) is 3.10. The van der Waals surface area contributed by atoms with Crippen LogP contribution in [0.3, 0.4) is 0 Å². The highest BCUT2D eigenvalue weighted by molar-refractivity contribution is 4.93. The number of fused-ring (bicyclic) bond motifs is 3. The molecule has 2 nitrogen and oxygen atoms in total. The van der Waals surface area contributed by atoms with Crippen LogP contribution in [0.25, 0.3) is 0 Å². The summed E-state index contributed by atoms with van der Waals surface area (Å²) in [7, 11) is 0. The molecular weight excluding hydrogens is 184 g/mol. The van der Waals surface area contributed by atoms with Crippen molar-refractivity contribution in [3.8, 4) is 0 Å². The summed E-state index contributed by atoms with van der Waals surface area (Å²) in [6, 6.07) is 0.749. The summed E-state index contributed by atoms with van der Waals surface area (Å²) in [4.78, 5) is 2.62. The number of nitrogens with zero attached hydrogens (tertiary/aromatic N) is 1. The third-order valence-corrected chi connectivity index (χ3v) is 4.63. The van der Waals surface area contributed by atoms with Gasteiger partial charge in [0, 0.05) is 12.6 Å². The van der Waals surface area contributed by atoms with Crippen molar-refractivity contribution in [3.63, 3.8) is 0 Å². The van der Waals surface area contributed by atoms with Gasteiger partial charge in [0.05, 0.1) is 0 Å². The molecule has 0 unspecified atom stereocenters. The van der Waals surface area contributed by atoms with Gasteiger partial charge in [-0.3, -0.25) is 0 Å². The van der Waals surface area contributed by atoms with E-state index in [1.165, 1.54) is 58.3 Å². The van der Waals surface area contributed by atoms with Gasteiger partial charge in [0.2, 0.25) is 0 Å². The number of piperidine rings is 3.